The molecule has 0 aromatic heterocycles. The summed E-state index contributed by atoms with van der Waals surface area (Å²) >= 11 is 0. The average Bonchev–Trinajstić information content (AvgIpc) is 3.08. The molecule has 6 nitrogen and oxygen atoms in total. The van der Waals surface area contributed by atoms with Crippen LogP contribution in [0.2, 0.25) is 0 Å². The predicted molar refractivity (Wildman–Crippen MR) is 97.1 cm³/mol. The van der Waals surface area contributed by atoms with Crippen molar-refractivity contribution in [2.24, 2.45) is 0 Å². The molecule has 1 aliphatic heterocycles. The highest BCUT2D eigenvalue weighted by molar-refractivity contribution is 6.00. The number of hydrogen-bond acceptors (Lipinski definition) is 4. The molecule has 0 saturated carbocycles. The third kappa shape index (κ3) is 3.72. The summed E-state index contributed by atoms with van der Waals surface area (Å²) < 4.78 is 23.9. The van der Waals surface area contributed by atoms with Crippen molar-refractivity contribution in [3.63, 3.8) is 0 Å². The van der Waals surface area contributed by atoms with Gasteiger partial charge in [-0.2, -0.15) is 0 Å². The molecule has 3 rings (SSSR count). The summed E-state index contributed by atoms with van der Waals surface area (Å²) in [5.74, 6) is -0.215. The van der Waals surface area contributed by atoms with E-state index in [1.807, 2.05) is 0 Å². The number of hydrogen-bond donors (Lipinski definition) is 1. The first kappa shape index (κ1) is 18.7. The Morgan fingerprint density at radius 1 is 1.07 bits per heavy atom. The smallest absolute Gasteiger partial charge is 0.272 e. The van der Waals surface area contributed by atoms with Gasteiger partial charge in [-0.05, 0) is 64.1 Å². The first-order chi connectivity index (χ1) is 12.7. The number of benzene rings is 2. The molecule has 0 aliphatic carbocycles. The monoisotopic (exact) mass is 372 g/mol. The van der Waals surface area contributed by atoms with Gasteiger partial charge in [-0.25, -0.2) is 9.40 Å². The van der Waals surface area contributed by atoms with Crippen molar-refractivity contribution in [1.29, 1.82) is 0 Å². The van der Waals surface area contributed by atoms with Crippen LogP contribution in [0.1, 0.15) is 47.1 Å². The number of hydrazine groups is 1. The number of nitrogens with zero attached hydrogens (tertiary/aromatic N) is 1. The molecule has 0 spiro atoms. The lowest BCUT2D eigenvalue weighted by atomic mass is 10.0. The largest absolute Gasteiger partial charge is 0.454 e. The van der Waals surface area contributed by atoms with E-state index in [0.29, 0.717) is 22.6 Å². The first-order valence-electron chi connectivity index (χ1n) is 8.49. The third-order valence-corrected chi connectivity index (χ3v) is 4.21. The van der Waals surface area contributed by atoms with Crippen molar-refractivity contribution in [2.75, 3.05) is 6.79 Å². The zero-order chi connectivity index (χ0) is 19.8. The Kier molecular flexibility index (Phi) is 4.78. The zero-order valence-electron chi connectivity index (χ0n) is 15.6. The van der Waals surface area contributed by atoms with Gasteiger partial charge in [0.15, 0.2) is 11.5 Å². The molecule has 2 aromatic rings. The highest BCUT2D eigenvalue weighted by Crippen LogP contribution is 2.37. The summed E-state index contributed by atoms with van der Waals surface area (Å²) in [6.45, 7) is 7.24. The fraction of sp³-hybridized carbons (Fsp3) is 0.300. The van der Waals surface area contributed by atoms with Gasteiger partial charge in [-0.1, -0.05) is 0 Å². The van der Waals surface area contributed by atoms with Gasteiger partial charge in [0.05, 0.1) is 5.54 Å². The van der Waals surface area contributed by atoms with E-state index in [1.54, 1.807) is 39.8 Å². The van der Waals surface area contributed by atoms with E-state index in [2.05, 4.69) is 5.43 Å². The molecule has 2 aromatic carbocycles. The molecule has 0 saturated heterocycles. The summed E-state index contributed by atoms with van der Waals surface area (Å²) in [7, 11) is 0. The van der Waals surface area contributed by atoms with Gasteiger partial charge in [0.1, 0.15) is 5.82 Å². The maximum atomic E-state index is 13.2. The summed E-state index contributed by atoms with van der Waals surface area (Å²) in [5, 5.41) is 1.24. The molecule has 27 heavy (non-hydrogen) atoms. The van der Waals surface area contributed by atoms with Gasteiger partial charge in [-0.15, -0.1) is 0 Å². The molecule has 142 valence electrons. The van der Waals surface area contributed by atoms with Gasteiger partial charge in [0, 0.05) is 16.7 Å². The van der Waals surface area contributed by atoms with Crippen LogP contribution in [0.25, 0.3) is 0 Å². The second kappa shape index (κ2) is 6.90. The van der Waals surface area contributed by atoms with E-state index in [0.717, 1.165) is 0 Å². The number of fused-ring (bicyclic) bond motifs is 1. The lowest BCUT2D eigenvalue weighted by Crippen LogP contribution is -2.56. The van der Waals surface area contributed by atoms with Crippen LogP contribution < -0.4 is 14.9 Å². The first-order valence-corrected chi connectivity index (χ1v) is 8.49. The zero-order valence-corrected chi connectivity index (χ0v) is 15.6. The predicted octanol–water partition coefficient (Wildman–Crippen LogP) is 3.45. The molecular formula is C20H21FN2O4. The SMILES string of the molecule is Cc1c(C(=O)NN(C(=O)c2ccc(F)cc2)C(C)(C)C)ccc2c1OCO2. The molecule has 1 aliphatic rings. The topological polar surface area (TPSA) is 67.9 Å². The van der Waals surface area contributed by atoms with Crippen LogP contribution in [0.3, 0.4) is 0 Å². The van der Waals surface area contributed by atoms with Gasteiger partial charge < -0.3 is 9.47 Å². The molecule has 1 heterocycles. The molecule has 0 unspecified atom stereocenters. The number of rotatable bonds is 2. The number of carbonyl (C=O) groups is 2. The fourth-order valence-corrected chi connectivity index (χ4v) is 2.76. The quantitative estimate of drug-likeness (QED) is 0.820. The minimum Gasteiger partial charge on any atom is -0.454 e. The molecule has 0 radical (unpaired) electrons. The number of carbonyl (C=O) groups excluding carboxylic acids is 2. The van der Waals surface area contributed by atoms with Crippen LogP contribution >= 0.6 is 0 Å². The lowest BCUT2D eigenvalue weighted by Gasteiger charge is -2.35. The standard InChI is InChI=1S/C20H21FN2O4/c1-12-15(9-10-16-17(12)27-11-26-16)18(24)22-23(20(2,3)4)19(25)13-5-7-14(21)8-6-13/h5-10H,11H2,1-4H3,(H,22,24). The van der Waals surface area contributed by atoms with Crippen LogP contribution in [-0.4, -0.2) is 29.2 Å². The van der Waals surface area contributed by atoms with Crippen molar-refractivity contribution in [1.82, 2.24) is 10.4 Å². The van der Waals surface area contributed by atoms with E-state index in [1.165, 1.54) is 29.3 Å². The summed E-state index contributed by atoms with van der Waals surface area (Å²) in [4.78, 5) is 25.7. The molecule has 2 amide bonds. The highest BCUT2D eigenvalue weighted by atomic mass is 19.1. The van der Waals surface area contributed by atoms with Crippen molar-refractivity contribution < 1.29 is 23.5 Å². The Morgan fingerprint density at radius 3 is 2.37 bits per heavy atom. The van der Waals surface area contributed by atoms with Crippen LogP contribution in [0, 0.1) is 12.7 Å². The number of nitrogens with one attached hydrogen (secondary N) is 1. The van der Waals surface area contributed by atoms with E-state index >= 15 is 0 Å². The Balaban J connectivity index is 1.88. The molecule has 0 atom stereocenters. The maximum Gasteiger partial charge on any atom is 0.272 e. The lowest BCUT2D eigenvalue weighted by molar-refractivity contribution is 0.0358. The van der Waals surface area contributed by atoms with E-state index in [4.69, 9.17) is 9.47 Å². The Bertz CT molecular complexity index is 888. The van der Waals surface area contributed by atoms with Crippen molar-refractivity contribution >= 4 is 11.8 Å². The second-order valence-corrected chi connectivity index (χ2v) is 7.23. The average molecular weight is 372 g/mol. The molecule has 0 fully saturated rings. The number of ether oxygens (including phenoxy) is 2. The van der Waals surface area contributed by atoms with Crippen LogP contribution in [0.15, 0.2) is 36.4 Å². The number of amides is 2. The van der Waals surface area contributed by atoms with E-state index in [-0.39, 0.29) is 12.4 Å². The Hall–Kier alpha value is -3.09. The molecule has 1 N–H and O–H groups in total. The van der Waals surface area contributed by atoms with Crippen molar-refractivity contribution in [3.8, 4) is 11.5 Å². The number of halogens is 1. The molecular weight excluding hydrogens is 351 g/mol. The maximum absolute atomic E-state index is 13.2. The normalized spacial score (nSPS) is 12.6. The summed E-state index contributed by atoms with van der Waals surface area (Å²) in [6.07, 6.45) is 0. The molecule has 7 heteroatoms. The molecule has 0 bridgehead atoms. The van der Waals surface area contributed by atoms with Crippen molar-refractivity contribution in [2.45, 2.75) is 33.2 Å². The summed E-state index contributed by atoms with van der Waals surface area (Å²) in [5.41, 5.74) is 3.25. The fourth-order valence-electron chi connectivity index (χ4n) is 2.76. The Labute approximate surface area is 156 Å². The van der Waals surface area contributed by atoms with Crippen LogP contribution in [0.5, 0.6) is 11.5 Å². The third-order valence-electron chi connectivity index (χ3n) is 4.21. The van der Waals surface area contributed by atoms with E-state index < -0.39 is 23.2 Å². The van der Waals surface area contributed by atoms with Gasteiger partial charge in [0.2, 0.25) is 6.79 Å². The van der Waals surface area contributed by atoms with Crippen LogP contribution in [0.4, 0.5) is 4.39 Å². The van der Waals surface area contributed by atoms with Crippen molar-refractivity contribution in [3.05, 3.63) is 58.9 Å². The van der Waals surface area contributed by atoms with Gasteiger partial charge >= 0.3 is 0 Å². The van der Waals surface area contributed by atoms with Gasteiger partial charge in [0.25, 0.3) is 11.8 Å². The second-order valence-electron chi connectivity index (χ2n) is 7.23. The van der Waals surface area contributed by atoms with Crippen LogP contribution in [-0.2, 0) is 0 Å². The highest BCUT2D eigenvalue weighted by Gasteiger charge is 2.31. The van der Waals surface area contributed by atoms with Gasteiger partial charge in [-0.3, -0.25) is 15.0 Å². The minimum atomic E-state index is -0.703. The minimum absolute atomic E-state index is 0.110. The summed E-state index contributed by atoms with van der Waals surface area (Å²) in [6, 6.07) is 8.47. The van der Waals surface area contributed by atoms with E-state index in [9.17, 15) is 14.0 Å². The Morgan fingerprint density at radius 2 is 1.74 bits per heavy atom.